The molecule has 0 bridgehead atoms. The highest BCUT2D eigenvalue weighted by atomic mass is 32.2. The summed E-state index contributed by atoms with van der Waals surface area (Å²) in [5.74, 6) is 0.525. The maximum Gasteiger partial charge on any atom is 0.260 e. The third-order valence-electron chi connectivity index (χ3n) is 4.66. The lowest BCUT2D eigenvalue weighted by Crippen LogP contribution is -2.39. The minimum Gasteiger partial charge on any atom is -0.326 e. The van der Waals surface area contributed by atoms with Crippen molar-refractivity contribution in [2.45, 2.75) is 56.1 Å². The molecule has 0 radical (unpaired) electrons. The number of nitrogens with two attached hydrogens (primary N) is 1. The van der Waals surface area contributed by atoms with Crippen LogP contribution in [0.15, 0.2) is 11.2 Å². The fourth-order valence-corrected chi connectivity index (χ4v) is 5.54. The molecule has 1 saturated heterocycles. The van der Waals surface area contributed by atoms with E-state index >= 15 is 0 Å². The second kappa shape index (κ2) is 5.46. The van der Waals surface area contributed by atoms with Crippen molar-refractivity contribution in [2.24, 2.45) is 11.7 Å². The molecule has 1 aromatic heterocycles. The first-order valence-electron chi connectivity index (χ1n) is 7.38. The molecule has 1 aliphatic heterocycles. The second-order valence-electron chi connectivity index (χ2n) is 5.80. The Kier molecular flexibility index (Phi) is 3.83. The summed E-state index contributed by atoms with van der Waals surface area (Å²) >= 11 is 0. The fourth-order valence-electron chi connectivity index (χ4n) is 3.66. The van der Waals surface area contributed by atoms with Gasteiger partial charge in [0.15, 0.2) is 5.03 Å². The maximum atomic E-state index is 12.8. The molecule has 7 heteroatoms. The number of H-pyrrole nitrogens is 1. The lowest BCUT2D eigenvalue weighted by Gasteiger charge is -2.28. The van der Waals surface area contributed by atoms with Crippen molar-refractivity contribution >= 4 is 10.0 Å². The van der Waals surface area contributed by atoms with Gasteiger partial charge in [0.1, 0.15) is 0 Å². The monoisotopic (exact) mass is 298 g/mol. The molecule has 1 atom stereocenters. The zero-order valence-electron chi connectivity index (χ0n) is 11.6. The van der Waals surface area contributed by atoms with Crippen LogP contribution in [-0.4, -0.2) is 35.5 Å². The molecule has 1 aliphatic carbocycles. The first kappa shape index (κ1) is 14.0. The van der Waals surface area contributed by atoms with Gasteiger partial charge in [0, 0.05) is 24.7 Å². The number of nitrogens with one attached hydrogen (secondary N) is 1. The van der Waals surface area contributed by atoms with Crippen molar-refractivity contribution in [3.63, 3.8) is 0 Å². The van der Waals surface area contributed by atoms with E-state index in [-0.39, 0.29) is 17.6 Å². The van der Waals surface area contributed by atoms with Crippen LogP contribution in [0.2, 0.25) is 0 Å². The van der Waals surface area contributed by atoms with E-state index in [2.05, 4.69) is 10.2 Å². The summed E-state index contributed by atoms with van der Waals surface area (Å²) < 4.78 is 27.4. The molecule has 0 aromatic carbocycles. The molecule has 112 valence electrons. The van der Waals surface area contributed by atoms with E-state index in [4.69, 9.17) is 5.73 Å². The van der Waals surface area contributed by atoms with Gasteiger partial charge < -0.3 is 5.73 Å². The van der Waals surface area contributed by atoms with E-state index in [1.54, 1.807) is 4.31 Å². The van der Waals surface area contributed by atoms with Gasteiger partial charge >= 0.3 is 0 Å². The van der Waals surface area contributed by atoms with E-state index in [1.165, 1.54) is 19.0 Å². The van der Waals surface area contributed by atoms with Gasteiger partial charge in [-0.25, -0.2) is 8.42 Å². The van der Waals surface area contributed by atoms with Gasteiger partial charge in [0.05, 0.1) is 6.20 Å². The smallest absolute Gasteiger partial charge is 0.260 e. The van der Waals surface area contributed by atoms with Crippen molar-refractivity contribution < 1.29 is 8.42 Å². The Balaban J connectivity index is 1.90. The molecular weight excluding hydrogens is 276 g/mol. The van der Waals surface area contributed by atoms with Crippen LogP contribution in [-0.2, 0) is 16.6 Å². The molecule has 0 spiro atoms. The van der Waals surface area contributed by atoms with Crippen LogP contribution in [0.1, 0.15) is 44.1 Å². The summed E-state index contributed by atoms with van der Waals surface area (Å²) in [6.45, 7) is 0.805. The molecule has 1 unspecified atom stereocenters. The Morgan fingerprint density at radius 2 is 2.05 bits per heavy atom. The van der Waals surface area contributed by atoms with Crippen molar-refractivity contribution in [1.29, 1.82) is 0 Å². The van der Waals surface area contributed by atoms with E-state index < -0.39 is 10.0 Å². The van der Waals surface area contributed by atoms with Gasteiger partial charge in [-0.15, -0.1) is 0 Å². The summed E-state index contributed by atoms with van der Waals surface area (Å²) in [5.41, 5.74) is 6.18. The summed E-state index contributed by atoms with van der Waals surface area (Å²) in [5, 5.41) is 6.65. The van der Waals surface area contributed by atoms with Crippen molar-refractivity contribution in [2.75, 3.05) is 6.54 Å². The number of aromatic amines is 1. The molecular formula is C13H22N4O2S. The normalized spacial score (nSPS) is 25.6. The van der Waals surface area contributed by atoms with Crippen molar-refractivity contribution in [3.05, 3.63) is 11.8 Å². The molecule has 1 aromatic rings. The SMILES string of the molecule is NCc1cn[nH]c1S(=O)(=O)N1CCCC1C1CCCC1. The molecule has 2 heterocycles. The Morgan fingerprint density at radius 1 is 1.30 bits per heavy atom. The molecule has 0 amide bonds. The Hall–Kier alpha value is -0.920. The highest BCUT2D eigenvalue weighted by Gasteiger charge is 2.41. The second-order valence-corrected chi connectivity index (χ2v) is 7.63. The first-order chi connectivity index (χ1) is 9.64. The minimum atomic E-state index is -3.49. The third-order valence-corrected chi connectivity index (χ3v) is 6.60. The van der Waals surface area contributed by atoms with Crippen LogP contribution >= 0.6 is 0 Å². The van der Waals surface area contributed by atoms with E-state index in [0.717, 1.165) is 25.7 Å². The number of sulfonamides is 1. The zero-order chi connectivity index (χ0) is 14.2. The predicted molar refractivity (Wildman–Crippen MR) is 75.4 cm³/mol. The van der Waals surface area contributed by atoms with Crippen LogP contribution in [0.25, 0.3) is 0 Å². The van der Waals surface area contributed by atoms with Gasteiger partial charge in [-0.3, -0.25) is 5.10 Å². The van der Waals surface area contributed by atoms with Crippen LogP contribution < -0.4 is 5.73 Å². The van der Waals surface area contributed by atoms with Gasteiger partial charge in [-0.2, -0.15) is 9.40 Å². The summed E-state index contributed by atoms with van der Waals surface area (Å²) in [6.07, 6.45) is 8.21. The van der Waals surface area contributed by atoms with Gasteiger partial charge in [-0.05, 0) is 31.6 Å². The van der Waals surface area contributed by atoms with Gasteiger partial charge in [0.25, 0.3) is 10.0 Å². The van der Waals surface area contributed by atoms with Crippen molar-refractivity contribution in [1.82, 2.24) is 14.5 Å². The number of aromatic nitrogens is 2. The average molecular weight is 298 g/mol. The topological polar surface area (TPSA) is 92.1 Å². The summed E-state index contributed by atoms with van der Waals surface area (Å²) in [6, 6.07) is 0.163. The molecule has 3 N–H and O–H groups in total. The number of hydrogen-bond donors (Lipinski definition) is 2. The van der Waals surface area contributed by atoms with E-state index in [9.17, 15) is 8.42 Å². The zero-order valence-corrected chi connectivity index (χ0v) is 12.4. The van der Waals surface area contributed by atoms with Crippen LogP contribution in [0.3, 0.4) is 0 Å². The predicted octanol–water partition coefficient (Wildman–Crippen LogP) is 1.21. The molecule has 6 nitrogen and oxygen atoms in total. The van der Waals surface area contributed by atoms with Crippen LogP contribution in [0.5, 0.6) is 0 Å². The molecule has 20 heavy (non-hydrogen) atoms. The number of nitrogens with zero attached hydrogens (tertiary/aromatic N) is 2. The van der Waals surface area contributed by atoms with E-state index in [0.29, 0.717) is 18.0 Å². The highest BCUT2D eigenvalue weighted by molar-refractivity contribution is 7.89. The Bertz CT molecular complexity index is 563. The molecule has 2 aliphatic rings. The third kappa shape index (κ3) is 2.27. The fraction of sp³-hybridized carbons (Fsp3) is 0.769. The lowest BCUT2D eigenvalue weighted by molar-refractivity contribution is 0.287. The van der Waals surface area contributed by atoms with Crippen LogP contribution in [0, 0.1) is 5.92 Å². The highest BCUT2D eigenvalue weighted by Crippen LogP contribution is 2.38. The molecule has 1 saturated carbocycles. The Labute approximate surface area is 119 Å². The largest absolute Gasteiger partial charge is 0.326 e. The van der Waals surface area contributed by atoms with E-state index in [1.807, 2.05) is 0 Å². The molecule has 3 rings (SSSR count). The standard InChI is InChI=1S/C13H22N4O2S/c14-8-11-9-15-16-13(11)20(18,19)17-7-3-6-12(17)10-4-1-2-5-10/h9-10,12H,1-8,14H2,(H,15,16). The van der Waals surface area contributed by atoms with Gasteiger partial charge in [0.2, 0.25) is 0 Å². The van der Waals surface area contributed by atoms with Crippen molar-refractivity contribution in [3.8, 4) is 0 Å². The number of hydrogen-bond acceptors (Lipinski definition) is 4. The quantitative estimate of drug-likeness (QED) is 0.874. The Morgan fingerprint density at radius 3 is 2.75 bits per heavy atom. The van der Waals surface area contributed by atoms with Crippen LogP contribution in [0.4, 0.5) is 0 Å². The molecule has 2 fully saturated rings. The van der Waals surface area contributed by atoms with Gasteiger partial charge in [-0.1, -0.05) is 12.8 Å². The number of rotatable bonds is 4. The summed E-state index contributed by atoms with van der Waals surface area (Å²) in [4.78, 5) is 0. The lowest BCUT2D eigenvalue weighted by atomic mass is 9.97. The average Bonchev–Trinajstić information content (AvgIpc) is 3.17. The first-order valence-corrected chi connectivity index (χ1v) is 8.82. The summed E-state index contributed by atoms with van der Waals surface area (Å²) in [7, 11) is -3.49. The maximum absolute atomic E-state index is 12.8. The minimum absolute atomic E-state index is 0.163.